The lowest BCUT2D eigenvalue weighted by Crippen LogP contribution is -2.49. The Kier molecular flexibility index (Phi) is 8.89. The van der Waals surface area contributed by atoms with Crippen molar-refractivity contribution in [3.05, 3.63) is 58.6 Å². The standard InChI is InChI=1S/C21H24ClN3O4S/c1-4-14(3)29-17-7-5-6-15(11-17)20(27)23-21(30)25-24-19(26)12-28-16-8-9-18(22)13(2)10-16/h5-11,14H,4,12H2,1-3H3,(H,24,26)(H2,23,25,27,30). The van der Waals surface area contributed by atoms with Gasteiger partial charge in [0.15, 0.2) is 11.7 Å². The molecule has 30 heavy (non-hydrogen) atoms. The van der Waals surface area contributed by atoms with Crippen LogP contribution in [0.4, 0.5) is 0 Å². The van der Waals surface area contributed by atoms with E-state index >= 15 is 0 Å². The van der Waals surface area contributed by atoms with Crippen molar-refractivity contribution in [3.8, 4) is 11.5 Å². The monoisotopic (exact) mass is 449 g/mol. The molecule has 1 atom stereocenters. The molecule has 0 spiro atoms. The third kappa shape index (κ3) is 7.53. The van der Waals surface area contributed by atoms with E-state index in [0.29, 0.717) is 22.1 Å². The molecule has 2 aromatic carbocycles. The molecular formula is C21H24ClN3O4S. The topological polar surface area (TPSA) is 88.7 Å². The van der Waals surface area contributed by atoms with Crippen molar-refractivity contribution in [2.24, 2.45) is 0 Å². The first-order chi connectivity index (χ1) is 14.3. The molecule has 0 aliphatic rings. The van der Waals surface area contributed by atoms with Crippen molar-refractivity contribution in [3.63, 3.8) is 0 Å². The van der Waals surface area contributed by atoms with Crippen LogP contribution in [0.2, 0.25) is 5.02 Å². The van der Waals surface area contributed by atoms with E-state index in [1.54, 1.807) is 42.5 Å². The average Bonchev–Trinajstić information content (AvgIpc) is 2.73. The van der Waals surface area contributed by atoms with E-state index in [2.05, 4.69) is 16.2 Å². The second-order valence-electron chi connectivity index (χ2n) is 6.52. The summed E-state index contributed by atoms with van der Waals surface area (Å²) < 4.78 is 11.1. The van der Waals surface area contributed by atoms with Gasteiger partial charge in [-0.05, 0) is 74.4 Å². The summed E-state index contributed by atoms with van der Waals surface area (Å²) in [6, 6.07) is 11.9. The van der Waals surface area contributed by atoms with E-state index in [1.807, 2.05) is 20.8 Å². The number of carbonyl (C=O) groups excluding carboxylic acids is 2. The molecule has 1 unspecified atom stereocenters. The molecule has 0 saturated carbocycles. The van der Waals surface area contributed by atoms with Crippen LogP contribution in [-0.2, 0) is 4.79 Å². The number of aryl methyl sites for hydroxylation is 1. The van der Waals surface area contributed by atoms with Gasteiger partial charge in [-0.25, -0.2) is 0 Å². The van der Waals surface area contributed by atoms with E-state index in [-0.39, 0.29) is 17.8 Å². The molecule has 0 aromatic heterocycles. The maximum atomic E-state index is 12.3. The summed E-state index contributed by atoms with van der Waals surface area (Å²) in [5.41, 5.74) is 6.05. The highest BCUT2D eigenvalue weighted by Gasteiger charge is 2.11. The van der Waals surface area contributed by atoms with Gasteiger partial charge in [-0.3, -0.25) is 25.8 Å². The van der Waals surface area contributed by atoms with Crippen LogP contribution in [0.1, 0.15) is 36.2 Å². The van der Waals surface area contributed by atoms with Crippen LogP contribution in [0, 0.1) is 6.92 Å². The van der Waals surface area contributed by atoms with Crippen LogP contribution in [0.5, 0.6) is 11.5 Å². The van der Waals surface area contributed by atoms with E-state index < -0.39 is 11.8 Å². The molecule has 0 saturated heterocycles. The van der Waals surface area contributed by atoms with Gasteiger partial charge >= 0.3 is 0 Å². The van der Waals surface area contributed by atoms with Crippen LogP contribution < -0.4 is 25.6 Å². The first-order valence-corrected chi connectivity index (χ1v) is 10.1. The Balaban J connectivity index is 1.78. The number of hydrazine groups is 1. The smallest absolute Gasteiger partial charge is 0.276 e. The van der Waals surface area contributed by atoms with Gasteiger partial charge in [-0.1, -0.05) is 24.6 Å². The number of halogens is 1. The molecular weight excluding hydrogens is 426 g/mol. The summed E-state index contributed by atoms with van der Waals surface area (Å²) in [5.74, 6) is 0.216. The van der Waals surface area contributed by atoms with Crippen molar-refractivity contribution in [2.45, 2.75) is 33.3 Å². The zero-order chi connectivity index (χ0) is 22.1. The van der Waals surface area contributed by atoms with E-state index in [4.69, 9.17) is 33.3 Å². The van der Waals surface area contributed by atoms with Crippen LogP contribution >= 0.6 is 23.8 Å². The highest BCUT2D eigenvalue weighted by molar-refractivity contribution is 7.80. The van der Waals surface area contributed by atoms with Gasteiger partial charge < -0.3 is 9.47 Å². The number of hydrogen-bond donors (Lipinski definition) is 3. The summed E-state index contributed by atoms with van der Waals surface area (Å²) in [6.45, 7) is 5.57. The Bertz CT molecular complexity index is 923. The summed E-state index contributed by atoms with van der Waals surface area (Å²) >= 11 is 11.0. The van der Waals surface area contributed by atoms with Crippen LogP contribution in [0.3, 0.4) is 0 Å². The second kappa shape index (κ2) is 11.4. The minimum atomic E-state index is -0.469. The molecule has 0 fully saturated rings. The highest BCUT2D eigenvalue weighted by Crippen LogP contribution is 2.20. The summed E-state index contributed by atoms with van der Waals surface area (Å²) in [7, 11) is 0. The average molecular weight is 450 g/mol. The molecule has 0 aliphatic heterocycles. The Labute approximate surface area is 186 Å². The number of amides is 2. The normalized spacial score (nSPS) is 11.2. The number of thiocarbonyl (C=S) groups is 1. The van der Waals surface area contributed by atoms with E-state index in [9.17, 15) is 9.59 Å². The van der Waals surface area contributed by atoms with E-state index in [1.165, 1.54) is 0 Å². The zero-order valence-electron chi connectivity index (χ0n) is 17.0. The van der Waals surface area contributed by atoms with Gasteiger partial charge in [0.05, 0.1) is 6.10 Å². The maximum Gasteiger partial charge on any atom is 0.276 e. The van der Waals surface area contributed by atoms with E-state index in [0.717, 1.165) is 12.0 Å². The fraction of sp³-hybridized carbons (Fsp3) is 0.286. The number of carbonyl (C=O) groups is 2. The lowest BCUT2D eigenvalue weighted by Gasteiger charge is -2.14. The van der Waals surface area contributed by atoms with Crippen LogP contribution in [0.15, 0.2) is 42.5 Å². The predicted molar refractivity (Wildman–Crippen MR) is 120 cm³/mol. The first kappa shape index (κ1) is 23.4. The molecule has 2 amide bonds. The Morgan fingerprint density at radius 2 is 1.90 bits per heavy atom. The second-order valence-corrected chi connectivity index (χ2v) is 7.34. The number of nitrogens with one attached hydrogen (secondary N) is 3. The molecule has 160 valence electrons. The van der Waals surface area contributed by atoms with Gasteiger partial charge in [0.2, 0.25) is 0 Å². The fourth-order valence-corrected chi connectivity index (χ4v) is 2.51. The van der Waals surface area contributed by atoms with Crippen molar-refractivity contribution >= 4 is 40.7 Å². The third-order valence-corrected chi connectivity index (χ3v) is 4.68. The molecule has 0 bridgehead atoms. The predicted octanol–water partition coefficient (Wildman–Crippen LogP) is 3.54. The van der Waals surface area contributed by atoms with Crippen molar-refractivity contribution < 1.29 is 19.1 Å². The molecule has 7 nitrogen and oxygen atoms in total. The maximum absolute atomic E-state index is 12.3. The SMILES string of the molecule is CCC(C)Oc1cccc(C(=O)NC(=S)NNC(=O)COc2ccc(Cl)c(C)c2)c1. The zero-order valence-corrected chi connectivity index (χ0v) is 18.5. The van der Waals surface area contributed by atoms with Gasteiger partial charge in [-0.2, -0.15) is 0 Å². The van der Waals surface area contributed by atoms with Gasteiger partial charge in [0.25, 0.3) is 11.8 Å². The molecule has 2 aromatic rings. The van der Waals surface area contributed by atoms with Crippen LogP contribution in [-0.4, -0.2) is 29.6 Å². The number of rotatable bonds is 7. The van der Waals surface area contributed by atoms with Crippen LogP contribution in [0.25, 0.3) is 0 Å². The summed E-state index contributed by atoms with van der Waals surface area (Å²) in [6.07, 6.45) is 0.895. The van der Waals surface area contributed by atoms with Crippen molar-refractivity contribution in [2.75, 3.05) is 6.61 Å². The number of ether oxygens (including phenoxy) is 2. The molecule has 0 aliphatic carbocycles. The highest BCUT2D eigenvalue weighted by atomic mass is 35.5. The number of hydrogen-bond acceptors (Lipinski definition) is 5. The Hall–Kier alpha value is -2.84. The van der Waals surface area contributed by atoms with Gasteiger partial charge in [0, 0.05) is 10.6 Å². The lowest BCUT2D eigenvalue weighted by molar-refractivity contribution is -0.123. The largest absolute Gasteiger partial charge is 0.491 e. The Morgan fingerprint density at radius 1 is 1.13 bits per heavy atom. The van der Waals surface area contributed by atoms with Gasteiger partial charge in [-0.15, -0.1) is 0 Å². The Morgan fingerprint density at radius 3 is 2.60 bits per heavy atom. The summed E-state index contributed by atoms with van der Waals surface area (Å²) in [4.78, 5) is 24.2. The molecule has 9 heteroatoms. The molecule has 0 radical (unpaired) electrons. The minimum absolute atomic E-state index is 0.0419. The molecule has 2 rings (SSSR count). The molecule has 3 N–H and O–H groups in total. The number of benzene rings is 2. The van der Waals surface area contributed by atoms with Crippen molar-refractivity contribution in [1.29, 1.82) is 0 Å². The lowest BCUT2D eigenvalue weighted by atomic mass is 10.2. The summed E-state index contributed by atoms with van der Waals surface area (Å²) in [5, 5.41) is 3.05. The first-order valence-electron chi connectivity index (χ1n) is 9.34. The van der Waals surface area contributed by atoms with Gasteiger partial charge in [0.1, 0.15) is 11.5 Å². The quantitative estimate of drug-likeness (QED) is 0.442. The fourth-order valence-electron chi connectivity index (χ4n) is 2.25. The molecule has 0 heterocycles. The third-order valence-electron chi connectivity index (χ3n) is 4.05. The minimum Gasteiger partial charge on any atom is -0.491 e. The van der Waals surface area contributed by atoms with Crippen molar-refractivity contribution in [1.82, 2.24) is 16.2 Å².